The molecule has 0 aromatic carbocycles. The SMILES string of the molecule is CCC(C)C(=O)NC1CCC2(CC1)OCCO2. The highest BCUT2D eigenvalue weighted by molar-refractivity contribution is 5.78. The van der Waals surface area contributed by atoms with E-state index in [4.69, 9.17) is 9.47 Å². The van der Waals surface area contributed by atoms with Crippen LogP contribution in [0.2, 0.25) is 0 Å². The average Bonchev–Trinajstić information content (AvgIpc) is 2.80. The average molecular weight is 241 g/mol. The molecule has 1 saturated carbocycles. The Morgan fingerprint density at radius 2 is 1.94 bits per heavy atom. The van der Waals surface area contributed by atoms with Crippen molar-refractivity contribution in [2.45, 2.75) is 57.8 Å². The van der Waals surface area contributed by atoms with E-state index in [0.717, 1.165) is 32.1 Å². The first kappa shape index (κ1) is 12.8. The van der Waals surface area contributed by atoms with Gasteiger partial charge in [-0.05, 0) is 19.3 Å². The van der Waals surface area contributed by atoms with Crippen LogP contribution >= 0.6 is 0 Å². The molecule has 17 heavy (non-hydrogen) atoms. The molecule has 0 radical (unpaired) electrons. The molecule has 1 unspecified atom stereocenters. The van der Waals surface area contributed by atoms with E-state index in [2.05, 4.69) is 5.32 Å². The number of hydrogen-bond donors (Lipinski definition) is 1. The molecule has 0 bridgehead atoms. The summed E-state index contributed by atoms with van der Waals surface area (Å²) < 4.78 is 11.3. The maximum atomic E-state index is 11.8. The third kappa shape index (κ3) is 2.99. The van der Waals surface area contributed by atoms with Gasteiger partial charge in [0.15, 0.2) is 5.79 Å². The van der Waals surface area contributed by atoms with Crippen LogP contribution in [-0.4, -0.2) is 30.9 Å². The van der Waals surface area contributed by atoms with Gasteiger partial charge in [0.25, 0.3) is 0 Å². The van der Waals surface area contributed by atoms with Crippen LogP contribution in [0.3, 0.4) is 0 Å². The number of hydrogen-bond acceptors (Lipinski definition) is 3. The highest BCUT2D eigenvalue weighted by atomic mass is 16.7. The first-order valence-electron chi connectivity index (χ1n) is 6.73. The first-order chi connectivity index (χ1) is 8.15. The summed E-state index contributed by atoms with van der Waals surface area (Å²) >= 11 is 0. The molecule has 0 aromatic heterocycles. The van der Waals surface area contributed by atoms with Gasteiger partial charge < -0.3 is 14.8 Å². The zero-order valence-electron chi connectivity index (χ0n) is 10.8. The Hall–Kier alpha value is -0.610. The van der Waals surface area contributed by atoms with Gasteiger partial charge in [-0.25, -0.2) is 0 Å². The van der Waals surface area contributed by atoms with E-state index in [1.54, 1.807) is 0 Å². The van der Waals surface area contributed by atoms with Crippen LogP contribution in [0.5, 0.6) is 0 Å². The van der Waals surface area contributed by atoms with Gasteiger partial charge >= 0.3 is 0 Å². The zero-order valence-corrected chi connectivity index (χ0v) is 10.8. The fourth-order valence-corrected chi connectivity index (χ4v) is 2.52. The third-order valence-corrected chi connectivity index (χ3v) is 3.97. The van der Waals surface area contributed by atoms with Gasteiger partial charge in [-0.15, -0.1) is 0 Å². The number of rotatable bonds is 3. The topological polar surface area (TPSA) is 47.6 Å². The van der Waals surface area contributed by atoms with Gasteiger partial charge in [-0.2, -0.15) is 0 Å². The quantitative estimate of drug-likeness (QED) is 0.820. The van der Waals surface area contributed by atoms with Crippen molar-refractivity contribution >= 4 is 5.91 Å². The summed E-state index contributed by atoms with van der Waals surface area (Å²) in [6, 6.07) is 0.301. The van der Waals surface area contributed by atoms with Crippen LogP contribution in [0.1, 0.15) is 46.0 Å². The second kappa shape index (κ2) is 5.36. The molecule has 2 fully saturated rings. The standard InChI is InChI=1S/C13H23NO3/c1-3-10(2)12(15)14-11-4-6-13(7-5-11)16-8-9-17-13/h10-11H,3-9H2,1-2H3,(H,14,15). The predicted octanol–water partition coefficient (Wildman–Crippen LogP) is 1.83. The van der Waals surface area contributed by atoms with Crippen molar-refractivity contribution < 1.29 is 14.3 Å². The summed E-state index contributed by atoms with van der Waals surface area (Å²) in [6.07, 6.45) is 4.62. The van der Waals surface area contributed by atoms with Crippen LogP contribution in [0.15, 0.2) is 0 Å². The van der Waals surface area contributed by atoms with Gasteiger partial charge in [0, 0.05) is 24.8 Å². The van der Waals surface area contributed by atoms with Crippen LogP contribution in [0.4, 0.5) is 0 Å². The Bertz CT molecular complexity index is 264. The molecule has 1 saturated heterocycles. The van der Waals surface area contributed by atoms with Gasteiger partial charge in [-0.3, -0.25) is 4.79 Å². The Morgan fingerprint density at radius 3 is 2.47 bits per heavy atom. The van der Waals surface area contributed by atoms with E-state index in [1.165, 1.54) is 0 Å². The maximum Gasteiger partial charge on any atom is 0.223 e. The lowest BCUT2D eigenvalue weighted by molar-refractivity contribution is -0.180. The maximum absolute atomic E-state index is 11.8. The summed E-state index contributed by atoms with van der Waals surface area (Å²) in [6.45, 7) is 5.44. The molecular formula is C13H23NO3. The van der Waals surface area contributed by atoms with E-state index in [0.29, 0.717) is 19.3 Å². The van der Waals surface area contributed by atoms with Crippen LogP contribution in [0.25, 0.3) is 0 Å². The minimum Gasteiger partial charge on any atom is -0.353 e. The Labute approximate surface area is 103 Å². The van der Waals surface area contributed by atoms with Crippen molar-refractivity contribution in [1.82, 2.24) is 5.32 Å². The number of amides is 1. The molecule has 4 nitrogen and oxygen atoms in total. The van der Waals surface area contributed by atoms with E-state index in [1.807, 2.05) is 13.8 Å². The van der Waals surface area contributed by atoms with Gasteiger partial charge in [0.2, 0.25) is 5.91 Å². The van der Waals surface area contributed by atoms with Crippen LogP contribution in [0, 0.1) is 5.92 Å². The lowest BCUT2D eigenvalue weighted by Crippen LogP contribution is -2.45. The number of ether oxygens (including phenoxy) is 2. The molecule has 0 aromatic rings. The number of carbonyl (C=O) groups is 1. The smallest absolute Gasteiger partial charge is 0.223 e. The highest BCUT2D eigenvalue weighted by Crippen LogP contribution is 2.35. The Kier molecular flexibility index (Phi) is 4.05. The minimum absolute atomic E-state index is 0.116. The summed E-state index contributed by atoms with van der Waals surface area (Å²) in [5.41, 5.74) is 0. The minimum atomic E-state index is -0.322. The van der Waals surface area contributed by atoms with Crippen molar-refractivity contribution in [2.75, 3.05) is 13.2 Å². The lowest BCUT2D eigenvalue weighted by Gasteiger charge is -2.35. The molecule has 1 atom stereocenters. The normalized spacial score (nSPS) is 26.0. The highest BCUT2D eigenvalue weighted by Gasteiger charge is 2.40. The molecule has 1 heterocycles. The second-order valence-corrected chi connectivity index (χ2v) is 5.20. The molecular weight excluding hydrogens is 218 g/mol. The summed E-state index contributed by atoms with van der Waals surface area (Å²) in [7, 11) is 0. The van der Waals surface area contributed by atoms with Gasteiger partial charge in [0.05, 0.1) is 13.2 Å². The predicted molar refractivity (Wildman–Crippen MR) is 64.5 cm³/mol. The second-order valence-electron chi connectivity index (χ2n) is 5.20. The molecule has 1 spiro atoms. The fourth-order valence-electron chi connectivity index (χ4n) is 2.52. The summed E-state index contributed by atoms with van der Waals surface area (Å²) in [5.74, 6) is -0.0241. The van der Waals surface area contributed by atoms with E-state index >= 15 is 0 Å². The van der Waals surface area contributed by atoms with E-state index in [9.17, 15) is 4.79 Å². The first-order valence-corrected chi connectivity index (χ1v) is 6.73. The molecule has 2 rings (SSSR count). The van der Waals surface area contributed by atoms with Crippen molar-refractivity contribution in [2.24, 2.45) is 5.92 Å². The lowest BCUT2D eigenvalue weighted by atomic mass is 9.89. The van der Waals surface area contributed by atoms with Crippen molar-refractivity contribution in [3.05, 3.63) is 0 Å². The van der Waals surface area contributed by atoms with Gasteiger partial charge in [0.1, 0.15) is 0 Å². The molecule has 1 amide bonds. The molecule has 1 N–H and O–H groups in total. The molecule has 98 valence electrons. The van der Waals surface area contributed by atoms with Gasteiger partial charge in [-0.1, -0.05) is 13.8 Å². The van der Waals surface area contributed by atoms with E-state index < -0.39 is 0 Å². The third-order valence-electron chi connectivity index (χ3n) is 3.97. The molecule has 4 heteroatoms. The van der Waals surface area contributed by atoms with Crippen molar-refractivity contribution in [3.8, 4) is 0 Å². The molecule has 1 aliphatic carbocycles. The Balaban J connectivity index is 1.77. The van der Waals surface area contributed by atoms with Crippen LogP contribution in [-0.2, 0) is 14.3 Å². The summed E-state index contributed by atoms with van der Waals surface area (Å²) in [5, 5.41) is 3.13. The summed E-state index contributed by atoms with van der Waals surface area (Å²) in [4.78, 5) is 11.8. The van der Waals surface area contributed by atoms with E-state index in [-0.39, 0.29) is 17.6 Å². The zero-order chi connectivity index (χ0) is 12.3. The van der Waals surface area contributed by atoms with Crippen LogP contribution < -0.4 is 5.32 Å². The number of carbonyl (C=O) groups excluding carboxylic acids is 1. The monoisotopic (exact) mass is 241 g/mol. The molecule has 2 aliphatic rings. The fraction of sp³-hybridized carbons (Fsp3) is 0.923. The Morgan fingerprint density at radius 1 is 1.35 bits per heavy atom. The number of nitrogens with one attached hydrogen (secondary N) is 1. The van der Waals surface area contributed by atoms with Crippen molar-refractivity contribution in [3.63, 3.8) is 0 Å². The largest absolute Gasteiger partial charge is 0.353 e. The molecule has 1 aliphatic heterocycles. The van der Waals surface area contributed by atoms with Crippen molar-refractivity contribution in [1.29, 1.82) is 0 Å².